The standard InChI is InChI=1S/C9H10O4.C8H8O4.C8H14O4/c1-5-3-2-4-6(8(10)11)7(5)9(12)13;9-7(10)5-3-1-2-4-6(5)8(11)12;1-2-3-4-6(8(11)12)5-7(9)10/h2-4,6-7H,1H3,(H,10,11)(H,12,13);1-2H,3-4H2,(H,9,10)(H,11,12);6H,2-5H2,1H3,(H,9,10)(H,11,12). The van der Waals surface area contributed by atoms with Crippen LogP contribution in [0.1, 0.15) is 52.4 Å². The molecule has 0 heterocycles. The summed E-state index contributed by atoms with van der Waals surface area (Å²) in [6.45, 7) is 3.57. The highest BCUT2D eigenvalue weighted by Crippen LogP contribution is 2.26. The third-order valence-corrected chi connectivity index (χ3v) is 5.45. The van der Waals surface area contributed by atoms with E-state index >= 15 is 0 Å². The Hall–Kier alpha value is -4.22. The molecule has 0 bridgehead atoms. The minimum Gasteiger partial charge on any atom is -0.481 e. The van der Waals surface area contributed by atoms with Gasteiger partial charge in [-0.2, -0.15) is 0 Å². The zero-order valence-electron chi connectivity index (χ0n) is 20.5. The van der Waals surface area contributed by atoms with E-state index in [1.807, 2.05) is 6.92 Å². The number of aliphatic carboxylic acids is 6. The van der Waals surface area contributed by atoms with Crippen molar-refractivity contribution < 1.29 is 59.4 Å². The van der Waals surface area contributed by atoms with Gasteiger partial charge in [-0.3, -0.25) is 19.2 Å². The molecule has 2 aliphatic rings. The molecule has 12 heteroatoms. The van der Waals surface area contributed by atoms with E-state index in [4.69, 9.17) is 30.6 Å². The summed E-state index contributed by atoms with van der Waals surface area (Å²) < 4.78 is 0. The quantitative estimate of drug-likeness (QED) is 0.227. The summed E-state index contributed by atoms with van der Waals surface area (Å²) in [4.78, 5) is 63.1. The fourth-order valence-corrected chi connectivity index (χ4v) is 3.45. The van der Waals surface area contributed by atoms with Crippen LogP contribution in [0.4, 0.5) is 0 Å². The molecule has 0 aromatic rings. The Labute approximate surface area is 212 Å². The van der Waals surface area contributed by atoms with Crippen LogP contribution >= 0.6 is 0 Å². The van der Waals surface area contributed by atoms with Gasteiger partial charge in [0, 0.05) is 0 Å². The van der Waals surface area contributed by atoms with Gasteiger partial charge >= 0.3 is 35.8 Å². The number of rotatable bonds is 10. The molecule has 0 amide bonds. The maximum Gasteiger partial charge on any atom is 0.332 e. The Morgan fingerprint density at radius 1 is 0.865 bits per heavy atom. The van der Waals surface area contributed by atoms with Gasteiger partial charge in [0.1, 0.15) is 0 Å². The normalized spacial score (nSPS) is 18.7. The van der Waals surface area contributed by atoms with Crippen LogP contribution in [0.15, 0.2) is 47.1 Å². The number of carbonyl (C=O) groups is 6. The topological polar surface area (TPSA) is 224 Å². The average Bonchev–Trinajstić information content (AvgIpc) is 2.81. The molecule has 0 spiro atoms. The Morgan fingerprint density at radius 2 is 1.38 bits per heavy atom. The van der Waals surface area contributed by atoms with Crippen molar-refractivity contribution >= 4 is 35.8 Å². The van der Waals surface area contributed by atoms with Crippen molar-refractivity contribution in [1.82, 2.24) is 0 Å². The highest BCUT2D eigenvalue weighted by atomic mass is 16.4. The van der Waals surface area contributed by atoms with Gasteiger partial charge in [-0.1, -0.05) is 55.7 Å². The molecule has 2 rings (SSSR count). The van der Waals surface area contributed by atoms with Crippen LogP contribution in [0.2, 0.25) is 0 Å². The second kappa shape index (κ2) is 16.5. The second-order valence-corrected chi connectivity index (χ2v) is 8.20. The van der Waals surface area contributed by atoms with Crippen LogP contribution in [-0.2, 0) is 28.8 Å². The van der Waals surface area contributed by atoms with Gasteiger partial charge in [-0.05, 0) is 26.2 Å². The number of carboxylic acids is 6. The van der Waals surface area contributed by atoms with Gasteiger partial charge in [0.15, 0.2) is 0 Å². The van der Waals surface area contributed by atoms with Crippen LogP contribution in [0, 0.1) is 17.8 Å². The minimum atomic E-state index is -1.14. The van der Waals surface area contributed by atoms with Gasteiger partial charge in [-0.25, -0.2) is 9.59 Å². The van der Waals surface area contributed by atoms with Crippen LogP contribution in [0.3, 0.4) is 0 Å². The summed E-state index contributed by atoms with van der Waals surface area (Å²) in [7, 11) is 0. The fourth-order valence-electron chi connectivity index (χ4n) is 3.45. The van der Waals surface area contributed by atoms with Crippen LogP contribution in [0.5, 0.6) is 0 Å². The third kappa shape index (κ3) is 11.8. The molecule has 0 aromatic heterocycles. The molecular weight excluding hydrogens is 492 g/mol. The zero-order valence-corrected chi connectivity index (χ0v) is 20.5. The summed E-state index contributed by atoms with van der Waals surface area (Å²) >= 11 is 0. The Morgan fingerprint density at radius 3 is 1.70 bits per heavy atom. The first-order valence-corrected chi connectivity index (χ1v) is 11.3. The number of hydrogen-bond donors (Lipinski definition) is 6. The summed E-state index contributed by atoms with van der Waals surface area (Å²) in [5, 5.41) is 51.7. The average molecular weight is 525 g/mol. The molecular formula is C25H32O12. The van der Waals surface area contributed by atoms with Crippen molar-refractivity contribution in [1.29, 1.82) is 0 Å². The Balaban J connectivity index is 0.000000526. The fraction of sp³-hybridized carbons (Fsp3) is 0.440. The molecule has 0 aliphatic heterocycles. The van der Waals surface area contributed by atoms with Crippen molar-refractivity contribution in [3.05, 3.63) is 47.1 Å². The van der Waals surface area contributed by atoms with Gasteiger partial charge in [0.05, 0.1) is 35.3 Å². The molecule has 0 saturated heterocycles. The highest BCUT2D eigenvalue weighted by molar-refractivity contribution is 5.99. The minimum absolute atomic E-state index is 0.00926. The van der Waals surface area contributed by atoms with Crippen molar-refractivity contribution in [2.45, 2.75) is 52.4 Å². The van der Waals surface area contributed by atoms with E-state index in [-0.39, 0.29) is 30.4 Å². The first-order chi connectivity index (χ1) is 17.2. The van der Waals surface area contributed by atoms with Gasteiger partial charge in [0.25, 0.3) is 0 Å². The first-order valence-electron chi connectivity index (χ1n) is 11.3. The van der Waals surface area contributed by atoms with Gasteiger partial charge < -0.3 is 30.6 Å². The molecule has 0 fully saturated rings. The molecule has 0 radical (unpaired) electrons. The van der Waals surface area contributed by atoms with E-state index in [0.717, 1.165) is 12.8 Å². The molecule has 6 N–H and O–H groups in total. The SMILES string of the molecule is CC1=CC=CC(C(=O)O)C1C(=O)O.CCCCC(CC(=O)O)C(=O)O.O=C(O)C1=C(C(=O)O)CC=CC1. The lowest BCUT2D eigenvalue weighted by atomic mass is 9.83. The van der Waals surface area contributed by atoms with Crippen molar-refractivity contribution in [3.8, 4) is 0 Å². The number of hydrogen-bond acceptors (Lipinski definition) is 6. The molecule has 0 saturated carbocycles. The van der Waals surface area contributed by atoms with E-state index in [1.165, 1.54) is 6.08 Å². The van der Waals surface area contributed by atoms with E-state index < -0.39 is 53.6 Å². The lowest BCUT2D eigenvalue weighted by molar-refractivity contribution is -0.150. The number of carboxylic acid groups (broad SMARTS) is 6. The van der Waals surface area contributed by atoms with E-state index in [0.29, 0.717) is 12.0 Å². The molecule has 204 valence electrons. The lowest BCUT2D eigenvalue weighted by Crippen LogP contribution is -2.30. The summed E-state index contributed by atoms with van der Waals surface area (Å²) in [5.74, 6) is -9.12. The third-order valence-electron chi connectivity index (χ3n) is 5.45. The smallest absolute Gasteiger partial charge is 0.332 e. The molecule has 12 nitrogen and oxygen atoms in total. The molecule has 0 aromatic carbocycles. The first kappa shape index (κ1) is 32.8. The van der Waals surface area contributed by atoms with Gasteiger partial charge in [0.2, 0.25) is 0 Å². The number of unbranched alkanes of at least 4 members (excludes halogenated alkanes) is 1. The zero-order chi connectivity index (χ0) is 28.7. The van der Waals surface area contributed by atoms with E-state index in [9.17, 15) is 28.8 Å². The predicted molar refractivity (Wildman–Crippen MR) is 129 cm³/mol. The molecule has 3 unspecified atom stereocenters. The molecule has 3 atom stereocenters. The summed E-state index contributed by atoms with van der Waals surface area (Å²) in [6.07, 6.45) is 10.2. The molecule has 37 heavy (non-hydrogen) atoms. The molecule has 2 aliphatic carbocycles. The monoisotopic (exact) mass is 524 g/mol. The maximum absolute atomic E-state index is 10.7. The second-order valence-electron chi connectivity index (χ2n) is 8.20. The maximum atomic E-state index is 10.7. The van der Waals surface area contributed by atoms with Gasteiger partial charge in [-0.15, -0.1) is 0 Å². The lowest BCUT2D eigenvalue weighted by Gasteiger charge is -2.20. The largest absolute Gasteiger partial charge is 0.481 e. The Bertz CT molecular complexity index is 971. The van der Waals surface area contributed by atoms with Crippen molar-refractivity contribution in [3.63, 3.8) is 0 Å². The Kier molecular flexibility index (Phi) is 14.6. The highest BCUT2D eigenvalue weighted by Gasteiger charge is 2.34. The summed E-state index contributed by atoms with van der Waals surface area (Å²) in [6, 6.07) is 0. The van der Waals surface area contributed by atoms with Crippen molar-refractivity contribution in [2.24, 2.45) is 17.8 Å². The van der Waals surface area contributed by atoms with Crippen LogP contribution in [0.25, 0.3) is 0 Å². The summed E-state index contributed by atoms with van der Waals surface area (Å²) in [5.41, 5.74) is 0.553. The van der Waals surface area contributed by atoms with E-state index in [2.05, 4.69) is 0 Å². The number of allylic oxidation sites excluding steroid dienone is 4. The predicted octanol–water partition coefficient (Wildman–Crippen LogP) is 3.06. The van der Waals surface area contributed by atoms with E-state index in [1.54, 1.807) is 31.2 Å². The van der Waals surface area contributed by atoms with Crippen LogP contribution < -0.4 is 0 Å². The van der Waals surface area contributed by atoms with Crippen molar-refractivity contribution in [2.75, 3.05) is 0 Å². The van der Waals surface area contributed by atoms with Crippen LogP contribution in [-0.4, -0.2) is 66.5 Å².